The first-order valence-corrected chi connectivity index (χ1v) is 7.34. The standard InChI is InChI=1S/C11H21N3O2S/c1-8(2)13-17(15,16)10(5)11-12-6-7-14(11)9(3)4/h6-10,13H,1-5H3/t10-/m0/s1. The molecule has 0 fully saturated rings. The number of nitrogens with one attached hydrogen (secondary N) is 1. The highest BCUT2D eigenvalue weighted by atomic mass is 32.2. The van der Waals surface area contributed by atoms with Crippen LogP contribution in [-0.2, 0) is 10.0 Å². The monoisotopic (exact) mass is 259 g/mol. The lowest BCUT2D eigenvalue weighted by molar-refractivity contribution is 0.535. The molecular formula is C11H21N3O2S. The summed E-state index contributed by atoms with van der Waals surface area (Å²) in [6.45, 7) is 9.27. The van der Waals surface area contributed by atoms with Crippen LogP contribution in [0.5, 0.6) is 0 Å². The molecule has 0 spiro atoms. The molecule has 17 heavy (non-hydrogen) atoms. The minimum absolute atomic E-state index is 0.107. The van der Waals surface area contributed by atoms with Crippen LogP contribution in [0.3, 0.4) is 0 Å². The minimum Gasteiger partial charge on any atom is -0.331 e. The van der Waals surface area contributed by atoms with Gasteiger partial charge in [0.2, 0.25) is 10.0 Å². The quantitative estimate of drug-likeness (QED) is 0.877. The van der Waals surface area contributed by atoms with E-state index in [0.717, 1.165) is 0 Å². The van der Waals surface area contributed by atoms with Gasteiger partial charge in [-0.2, -0.15) is 0 Å². The second-order valence-electron chi connectivity index (χ2n) is 4.75. The lowest BCUT2D eigenvalue weighted by atomic mass is 10.3. The van der Waals surface area contributed by atoms with Crippen LogP contribution in [0.25, 0.3) is 0 Å². The fourth-order valence-electron chi connectivity index (χ4n) is 1.65. The maximum absolute atomic E-state index is 12.0. The molecule has 1 rings (SSSR count). The van der Waals surface area contributed by atoms with Gasteiger partial charge in [0.15, 0.2) is 0 Å². The lowest BCUT2D eigenvalue weighted by Crippen LogP contribution is -2.34. The molecule has 0 aliphatic carbocycles. The van der Waals surface area contributed by atoms with Crippen molar-refractivity contribution in [3.63, 3.8) is 0 Å². The molecule has 0 amide bonds. The Balaban J connectivity index is 3.04. The van der Waals surface area contributed by atoms with Crippen molar-refractivity contribution in [2.24, 2.45) is 0 Å². The summed E-state index contributed by atoms with van der Waals surface area (Å²) in [6.07, 6.45) is 3.44. The Labute approximate surface area is 103 Å². The summed E-state index contributed by atoms with van der Waals surface area (Å²) in [5.74, 6) is 0.577. The molecule has 0 radical (unpaired) electrons. The zero-order chi connectivity index (χ0) is 13.2. The number of sulfonamides is 1. The number of imidazole rings is 1. The molecule has 5 nitrogen and oxygen atoms in total. The van der Waals surface area contributed by atoms with E-state index >= 15 is 0 Å². The molecular weight excluding hydrogens is 238 g/mol. The van der Waals surface area contributed by atoms with Crippen molar-refractivity contribution in [2.75, 3.05) is 0 Å². The Kier molecular flexibility index (Phi) is 4.32. The Bertz CT molecular complexity index is 463. The van der Waals surface area contributed by atoms with Gasteiger partial charge in [0, 0.05) is 24.5 Å². The van der Waals surface area contributed by atoms with E-state index in [1.54, 1.807) is 33.2 Å². The number of aromatic nitrogens is 2. The van der Waals surface area contributed by atoms with E-state index in [0.29, 0.717) is 5.82 Å². The fourth-order valence-corrected chi connectivity index (χ4v) is 2.97. The molecule has 0 saturated heterocycles. The first kappa shape index (κ1) is 14.2. The first-order valence-electron chi connectivity index (χ1n) is 5.79. The van der Waals surface area contributed by atoms with Crippen molar-refractivity contribution in [1.82, 2.24) is 14.3 Å². The van der Waals surface area contributed by atoms with Crippen LogP contribution < -0.4 is 4.72 Å². The van der Waals surface area contributed by atoms with Gasteiger partial charge >= 0.3 is 0 Å². The topological polar surface area (TPSA) is 64.0 Å². The van der Waals surface area contributed by atoms with Crippen LogP contribution >= 0.6 is 0 Å². The van der Waals surface area contributed by atoms with Gasteiger partial charge in [-0.3, -0.25) is 0 Å². The van der Waals surface area contributed by atoms with Gasteiger partial charge in [-0.05, 0) is 34.6 Å². The van der Waals surface area contributed by atoms with Crippen molar-refractivity contribution in [1.29, 1.82) is 0 Å². The summed E-state index contributed by atoms with van der Waals surface area (Å²) in [5.41, 5.74) is 0. The van der Waals surface area contributed by atoms with Gasteiger partial charge in [0.25, 0.3) is 0 Å². The number of rotatable bonds is 5. The molecule has 0 bridgehead atoms. The van der Waals surface area contributed by atoms with Crippen molar-refractivity contribution in [3.05, 3.63) is 18.2 Å². The highest BCUT2D eigenvalue weighted by Crippen LogP contribution is 2.22. The summed E-state index contributed by atoms with van der Waals surface area (Å²) < 4.78 is 28.6. The van der Waals surface area contributed by atoms with Crippen LogP contribution in [0.4, 0.5) is 0 Å². The summed E-state index contributed by atoms with van der Waals surface area (Å²) >= 11 is 0. The first-order chi connectivity index (χ1) is 7.75. The van der Waals surface area contributed by atoms with E-state index in [9.17, 15) is 8.42 Å². The summed E-state index contributed by atoms with van der Waals surface area (Å²) in [6, 6.07) is 0.0918. The maximum atomic E-state index is 12.0. The predicted molar refractivity (Wildman–Crippen MR) is 68.2 cm³/mol. The van der Waals surface area contributed by atoms with E-state index in [4.69, 9.17) is 0 Å². The second kappa shape index (κ2) is 5.18. The van der Waals surface area contributed by atoms with Gasteiger partial charge in [0.1, 0.15) is 11.1 Å². The smallest absolute Gasteiger partial charge is 0.221 e. The normalized spacial score (nSPS) is 14.5. The van der Waals surface area contributed by atoms with Crippen LogP contribution in [0.15, 0.2) is 12.4 Å². The molecule has 1 aromatic rings. The van der Waals surface area contributed by atoms with E-state index in [-0.39, 0.29) is 12.1 Å². The fraction of sp³-hybridized carbons (Fsp3) is 0.727. The Hall–Kier alpha value is -0.880. The summed E-state index contributed by atoms with van der Waals surface area (Å²) in [5, 5.41) is -0.651. The lowest BCUT2D eigenvalue weighted by Gasteiger charge is -2.18. The van der Waals surface area contributed by atoms with Gasteiger partial charge in [0.05, 0.1) is 0 Å². The van der Waals surface area contributed by atoms with E-state index in [1.807, 2.05) is 18.4 Å². The van der Waals surface area contributed by atoms with Crippen molar-refractivity contribution in [3.8, 4) is 0 Å². The van der Waals surface area contributed by atoms with Crippen molar-refractivity contribution < 1.29 is 8.42 Å². The molecule has 0 aromatic carbocycles. The van der Waals surface area contributed by atoms with Crippen LogP contribution in [0, 0.1) is 0 Å². The average Bonchev–Trinajstić information content (AvgIpc) is 2.62. The molecule has 0 saturated carbocycles. The van der Waals surface area contributed by atoms with Crippen LogP contribution in [0.1, 0.15) is 51.7 Å². The molecule has 0 aliphatic rings. The van der Waals surface area contributed by atoms with Crippen molar-refractivity contribution >= 4 is 10.0 Å². The van der Waals surface area contributed by atoms with Crippen LogP contribution in [0.2, 0.25) is 0 Å². The maximum Gasteiger partial charge on any atom is 0.221 e. The highest BCUT2D eigenvalue weighted by Gasteiger charge is 2.27. The van der Waals surface area contributed by atoms with Crippen LogP contribution in [-0.4, -0.2) is 24.0 Å². The number of nitrogens with zero attached hydrogens (tertiary/aromatic N) is 2. The van der Waals surface area contributed by atoms with Gasteiger partial charge in [-0.1, -0.05) is 0 Å². The predicted octanol–water partition coefficient (Wildman–Crippen LogP) is 1.85. The van der Waals surface area contributed by atoms with Crippen molar-refractivity contribution in [2.45, 2.75) is 52.0 Å². The molecule has 0 aliphatic heterocycles. The second-order valence-corrected chi connectivity index (χ2v) is 6.78. The summed E-state index contributed by atoms with van der Waals surface area (Å²) in [7, 11) is -3.37. The SMILES string of the molecule is CC(C)NS(=O)(=O)[C@@H](C)c1nccn1C(C)C. The number of hydrogen-bond acceptors (Lipinski definition) is 3. The molecule has 1 N–H and O–H groups in total. The molecule has 6 heteroatoms. The van der Waals surface area contributed by atoms with E-state index < -0.39 is 15.3 Å². The largest absolute Gasteiger partial charge is 0.331 e. The van der Waals surface area contributed by atoms with Gasteiger partial charge < -0.3 is 4.57 Å². The van der Waals surface area contributed by atoms with E-state index in [2.05, 4.69) is 9.71 Å². The Morgan fingerprint density at radius 1 is 1.24 bits per heavy atom. The van der Waals surface area contributed by atoms with E-state index in [1.165, 1.54) is 0 Å². The molecule has 1 heterocycles. The average molecular weight is 259 g/mol. The molecule has 0 unspecified atom stereocenters. The van der Waals surface area contributed by atoms with Gasteiger partial charge in [-0.25, -0.2) is 18.1 Å². The highest BCUT2D eigenvalue weighted by molar-refractivity contribution is 7.89. The minimum atomic E-state index is -3.37. The zero-order valence-corrected chi connectivity index (χ0v) is 11.8. The Morgan fingerprint density at radius 2 is 1.82 bits per heavy atom. The number of hydrogen-bond donors (Lipinski definition) is 1. The molecule has 1 atom stereocenters. The molecule has 1 aromatic heterocycles. The third-order valence-corrected chi connectivity index (χ3v) is 4.43. The third-order valence-electron chi connectivity index (χ3n) is 2.48. The van der Waals surface area contributed by atoms with Gasteiger partial charge in [-0.15, -0.1) is 0 Å². The Morgan fingerprint density at radius 3 is 2.29 bits per heavy atom. The zero-order valence-electron chi connectivity index (χ0n) is 11.0. The molecule has 98 valence electrons. The summed E-state index contributed by atoms with van der Waals surface area (Å²) in [4.78, 5) is 4.15. The third kappa shape index (κ3) is 3.29.